The van der Waals surface area contributed by atoms with Gasteiger partial charge >= 0.3 is 0 Å². The molecule has 1 N–H and O–H groups in total. The number of nitrogens with one attached hydrogen (secondary N) is 1. The maximum Gasteiger partial charge on any atom is 0.271 e. The fourth-order valence-electron chi connectivity index (χ4n) is 1.62. The minimum atomic E-state index is -0.495. The zero-order valence-corrected chi connectivity index (χ0v) is 12.1. The van der Waals surface area contributed by atoms with Crippen molar-refractivity contribution in [1.82, 2.24) is 5.32 Å². The first-order valence-electron chi connectivity index (χ1n) is 5.77. The molecule has 0 bridgehead atoms. The van der Waals surface area contributed by atoms with Crippen molar-refractivity contribution in [2.45, 2.75) is 25.1 Å². The molecule has 4 unspecified atom stereocenters. The fraction of sp³-hybridized carbons (Fsp3) is 1.00. The van der Waals surface area contributed by atoms with E-state index in [1.807, 2.05) is 0 Å². The smallest absolute Gasteiger partial charge is 0.271 e. The molecule has 0 aromatic carbocycles. The average Bonchev–Trinajstić information content (AvgIpc) is 3.03. The highest BCUT2D eigenvalue weighted by Gasteiger charge is 2.27. The van der Waals surface area contributed by atoms with Crippen molar-refractivity contribution >= 4 is 21.6 Å². The summed E-state index contributed by atoms with van der Waals surface area (Å²) in [6.07, 6.45) is 0.0661. The predicted molar refractivity (Wildman–Crippen MR) is 70.2 cm³/mol. The van der Waals surface area contributed by atoms with Gasteiger partial charge in [0.05, 0.1) is 18.8 Å². The Morgan fingerprint density at radius 2 is 1.89 bits per heavy atom. The van der Waals surface area contributed by atoms with Crippen LogP contribution in [0.4, 0.5) is 0 Å². The Labute approximate surface area is 115 Å². The third-order valence-corrected chi connectivity index (χ3v) is 5.05. The lowest BCUT2D eigenvalue weighted by atomic mass is 10.4. The van der Waals surface area contributed by atoms with Gasteiger partial charge in [0, 0.05) is 32.3 Å². The number of ether oxygens (including phenoxy) is 5. The molecule has 6 nitrogen and oxygen atoms in total. The van der Waals surface area contributed by atoms with Crippen LogP contribution in [0.5, 0.6) is 0 Å². The van der Waals surface area contributed by atoms with Crippen molar-refractivity contribution < 1.29 is 23.7 Å². The molecule has 0 aromatic rings. The van der Waals surface area contributed by atoms with Crippen LogP contribution >= 0.6 is 21.6 Å². The highest BCUT2D eigenvalue weighted by atomic mass is 33.1. The van der Waals surface area contributed by atoms with Crippen molar-refractivity contribution in [3.63, 3.8) is 0 Å². The monoisotopic (exact) mass is 297 g/mol. The summed E-state index contributed by atoms with van der Waals surface area (Å²) < 4.78 is 26.3. The van der Waals surface area contributed by atoms with Crippen molar-refractivity contribution in [2.75, 3.05) is 38.9 Å². The van der Waals surface area contributed by atoms with E-state index in [4.69, 9.17) is 23.7 Å². The van der Waals surface area contributed by atoms with Crippen LogP contribution in [0.15, 0.2) is 0 Å². The minimum Gasteiger partial charge on any atom is -0.343 e. The molecule has 2 heterocycles. The Kier molecular flexibility index (Phi) is 6.53. The second-order valence-corrected chi connectivity index (χ2v) is 6.47. The van der Waals surface area contributed by atoms with Crippen LogP contribution in [-0.2, 0) is 23.7 Å². The molecule has 0 aromatic heterocycles. The van der Waals surface area contributed by atoms with E-state index in [0.29, 0.717) is 6.61 Å². The molecule has 0 radical (unpaired) electrons. The topological polar surface area (TPSA) is 58.2 Å². The summed E-state index contributed by atoms with van der Waals surface area (Å²) >= 11 is 0. The quantitative estimate of drug-likeness (QED) is 0.542. The molecule has 2 aliphatic rings. The molecular weight excluding hydrogens is 278 g/mol. The zero-order chi connectivity index (χ0) is 12.8. The molecule has 18 heavy (non-hydrogen) atoms. The lowest BCUT2D eigenvalue weighted by Gasteiger charge is -2.11. The lowest BCUT2D eigenvalue weighted by Crippen LogP contribution is -2.23. The van der Waals surface area contributed by atoms with Gasteiger partial charge in [-0.15, -0.1) is 0 Å². The molecule has 2 saturated heterocycles. The largest absolute Gasteiger partial charge is 0.343 e. The molecule has 106 valence electrons. The van der Waals surface area contributed by atoms with E-state index in [1.54, 1.807) is 35.8 Å². The van der Waals surface area contributed by atoms with Gasteiger partial charge in [0.15, 0.2) is 0 Å². The van der Waals surface area contributed by atoms with Crippen LogP contribution in [0.2, 0.25) is 0 Å². The summed E-state index contributed by atoms with van der Waals surface area (Å²) in [6.45, 7) is 0.936. The van der Waals surface area contributed by atoms with Gasteiger partial charge in [0.1, 0.15) is 0 Å². The standard InChI is InChI=1S/C10H19NO5S2/c1-12-9-11-3-7(15-9)5-17-18-6-8-4-14-10(13-2)16-8/h7-11H,3-6H2,1-2H3. The van der Waals surface area contributed by atoms with Gasteiger partial charge in [-0.25, -0.2) is 0 Å². The predicted octanol–water partition coefficient (Wildman–Crippen LogP) is 0.632. The maximum absolute atomic E-state index is 5.57. The number of rotatable bonds is 7. The van der Waals surface area contributed by atoms with Gasteiger partial charge < -0.3 is 23.7 Å². The Bertz CT molecular complexity index is 224. The number of methoxy groups -OCH3 is 2. The van der Waals surface area contributed by atoms with Crippen LogP contribution in [0.1, 0.15) is 0 Å². The molecule has 2 fully saturated rings. The average molecular weight is 297 g/mol. The van der Waals surface area contributed by atoms with E-state index < -0.39 is 6.48 Å². The summed E-state index contributed by atoms with van der Waals surface area (Å²) in [5, 5.41) is 3.12. The molecular formula is C10H19NO5S2. The molecule has 0 saturated carbocycles. The third-order valence-electron chi connectivity index (χ3n) is 2.55. The molecule has 2 rings (SSSR count). The summed E-state index contributed by atoms with van der Waals surface area (Å²) in [4.78, 5) is 0. The third kappa shape index (κ3) is 4.53. The summed E-state index contributed by atoms with van der Waals surface area (Å²) in [5.74, 6) is 1.82. The van der Waals surface area contributed by atoms with Crippen molar-refractivity contribution in [2.24, 2.45) is 0 Å². The highest BCUT2D eigenvalue weighted by Crippen LogP contribution is 2.27. The van der Waals surface area contributed by atoms with Crippen molar-refractivity contribution in [3.8, 4) is 0 Å². The van der Waals surface area contributed by atoms with Gasteiger partial charge in [-0.1, -0.05) is 21.6 Å². The number of hydrogen-bond acceptors (Lipinski definition) is 8. The summed E-state index contributed by atoms with van der Waals surface area (Å²) in [6, 6.07) is 0. The first kappa shape index (κ1) is 14.9. The maximum atomic E-state index is 5.57. The van der Waals surface area contributed by atoms with Crippen LogP contribution < -0.4 is 5.32 Å². The second-order valence-electron chi connectivity index (χ2n) is 3.92. The van der Waals surface area contributed by atoms with Crippen LogP contribution in [0.3, 0.4) is 0 Å². The van der Waals surface area contributed by atoms with E-state index in [2.05, 4.69) is 5.32 Å². The Morgan fingerprint density at radius 3 is 2.50 bits per heavy atom. The van der Waals surface area contributed by atoms with Gasteiger partial charge in [0.2, 0.25) is 6.41 Å². The Hall–Kier alpha value is 0.460. The van der Waals surface area contributed by atoms with E-state index in [-0.39, 0.29) is 18.6 Å². The van der Waals surface area contributed by atoms with Crippen molar-refractivity contribution in [1.29, 1.82) is 0 Å². The molecule has 0 aliphatic carbocycles. The minimum absolute atomic E-state index is 0.113. The molecule has 0 spiro atoms. The SMILES string of the molecule is COC1NCC(CSSCC2COC(OC)O2)O1. The van der Waals surface area contributed by atoms with Gasteiger partial charge in [-0.3, -0.25) is 5.32 Å². The molecule has 2 aliphatic heterocycles. The van der Waals surface area contributed by atoms with Gasteiger partial charge in [-0.2, -0.15) is 0 Å². The fourth-order valence-corrected chi connectivity index (χ4v) is 3.97. The zero-order valence-electron chi connectivity index (χ0n) is 10.5. The number of hydrogen-bond donors (Lipinski definition) is 1. The first-order valence-corrected chi connectivity index (χ1v) is 8.26. The van der Waals surface area contributed by atoms with Crippen LogP contribution in [-0.4, -0.2) is 64.0 Å². The molecule has 8 heteroatoms. The lowest BCUT2D eigenvalue weighted by molar-refractivity contribution is -0.221. The van der Waals surface area contributed by atoms with Gasteiger partial charge in [-0.05, 0) is 0 Å². The second kappa shape index (κ2) is 7.91. The normalized spacial score (nSPS) is 36.3. The first-order chi connectivity index (χ1) is 8.81. The highest BCUT2D eigenvalue weighted by molar-refractivity contribution is 8.76. The van der Waals surface area contributed by atoms with E-state index in [1.165, 1.54) is 0 Å². The van der Waals surface area contributed by atoms with E-state index >= 15 is 0 Å². The summed E-state index contributed by atoms with van der Waals surface area (Å²) in [5.41, 5.74) is 0. The molecule has 4 atom stereocenters. The Morgan fingerprint density at radius 1 is 1.11 bits per heavy atom. The Balaban J connectivity index is 1.49. The van der Waals surface area contributed by atoms with Crippen LogP contribution in [0.25, 0.3) is 0 Å². The van der Waals surface area contributed by atoms with Crippen molar-refractivity contribution in [3.05, 3.63) is 0 Å². The van der Waals surface area contributed by atoms with Crippen LogP contribution in [0, 0.1) is 0 Å². The summed E-state index contributed by atoms with van der Waals surface area (Å²) in [7, 11) is 6.75. The molecule has 0 amide bonds. The van der Waals surface area contributed by atoms with E-state index in [0.717, 1.165) is 18.1 Å². The van der Waals surface area contributed by atoms with Gasteiger partial charge in [0.25, 0.3) is 6.48 Å². The van der Waals surface area contributed by atoms with E-state index in [9.17, 15) is 0 Å².